The molecule has 0 radical (unpaired) electrons. The van der Waals surface area contributed by atoms with Crippen molar-refractivity contribution >= 4 is 33.3 Å². The molecule has 0 spiro atoms. The number of carbonyl (C=O) groups excluding carboxylic acids is 2. The number of amides is 3. The fourth-order valence-corrected chi connectivity index (χ4v) is 5.15. The Morgan fingerprint density at radius 3 is 2.25 bits per heavy atom. The summed E-state index contributed by atoms with van der Waals surface area (Å²) < 4.78 is 64.6. The molecule has 1 saturated heterocycles. The van der Waals surface area contributed by atoms with Gasteiger partial charge in [0.25, 0.3) is 0 Å². The van der Waals surface area contributed by atoms with Crippen LogP contribution in [0.15, 0.2) is 46.7 Å². The quantitative estimate of drug-likeness (QED) is 0.646. The number of sulfonamides is 1. The minimum absolute atomic E-state index is 0.0706. The SMILES string of the molecule is O=C(CN1CCN(S(=O)(=O)c2ccc(C(F)(F)F)cc2)CC1)NC(=O)NCc1cccs1. The maximum Gasteiger partial charge on any atom is 0.416 e. The first kappa shape index (κ1) is 24.2. The molecular weight excluding hydrogens is 469 g/mol. The summed E-state index contributed by atoms with van der Waals surface area (Å²) in [4.78, 5) is 26.3. The van der Waals surface area contributed by atoms with Crippen LogP contribution in [0.25, 0.3) is 0 Å². The van der Waals surface area contributed by atoms with Gasteiger partial charge in [0.05, 0.1) is 23.5 Å². The monoisotopic (exact) mass is 490 g/mol. The lowest BCUT2D eigenvalue weighted by atomic mass is 10.2. The molecule has 0 bridgehead atoms. The summed E-state index contributed by atoms with van der Waals surface area (Å²) in [6.45, 7) is 0.842. The number of nitrogens with one attached hydrogen (secondary N) is 2. The highest BCUT2D eigenvalue weighted by Gasteiger charge is 2.32. The zero-order valence-electron chi connectivity index (χ0n) is 16.8. The van der Waals surface area contributed by atoms with E-state index in [1.165, 1.54) is 11.3 Å². The second-order valence-electron chi connectivity index (χ2n) is 7.01. The third kappa shape index (κ3) is 6.28. The van der Waals surface area contributed by atoms with Gasteiger partial charge < -0.3 is 5.32 Å². The van der Waals surface area contributed by atoms with Crippen LogP contribution in [-0.4, -0.2) is 62.3 Å². The summed E-state index contributed by atoms with van der Waals surface area (Å²) in [6.07, 6.45) is -4.55. The number of carbonyl (C=O) groups is 2. The number of imide groups is 1. The Labute approximate surface area is 187 Å². The number of thiophene rings is 1. The fraction of sp³-hybridized carbons (Fsp3) is 0.368. The summed E-state index contributed by atoms with van der Waals surface area (Å²) in [5.41, 5.74) is -0.924. The van der Waals surface area contributed by atoms with Crippen LogP contribution in [0.2, 0.25) is 0 Å². The second kappa shape index (κ2) is 9.98. The molecule has 1 aromatic carbocycles. The molecule has 2 N–H and O–H groups in total. The summed E-state index contributed by atoms with van der Waals surface area (Å²) in [7, 11) is -3.95. The number of hydrogen-bond acceptors (Lipinski definition) is 6. The lowest BCUT2D eigenvalue weighted by Gasteiger charge is -2.33. The average molecular weight is 491 g/mol. The van der Waals surface area contributed by atoms with Crippen LogP contribution in [-0.2, 0) is 27.5 Å². The molecule has 0 atom stereocenters. The van der Waals surface area contributed by atoms with E-state index in [-0.39, 0.29) is 37.6 Å². The van der Waals surface area contributed by atoms with Gasteiger partial charge in [-0.2, -0.15) is 17.5 Å². The van der Waals surface area contributed by atoms with Crippen molar-refractivity contribution in [2.75, 3.05) is 32.7 Å². The van der Waals surface area contributed by atoms with Crippen molar-refractivity contribution in [2.45, 2.75) is 17.6 Å². The van der Waals surface area contributed by atoms with Crippen LogP contribution >= 0.6 is 11.3 Å². The third-order valence-corrected chi connectivity index (χ3v) is 7.56. The van der Waals surface area contributed by atoms with Gasteiger partial charge in [-0.05, 0) is 35.7 Å². The van der Waals surface area contributed by atoms with Gasteiger partial charge in [0.15, 0.2) is 0 Å². The van der Waals surface area contributed by atoms with E-state index in [1.807, 2.05) is 17.5 Å². The zero-order valence-corrected chi connectivity index (χ0v) is 18.4. The molecule has 3 rings (SSSR count). The minimum Gasteiger partial charge on any atom is -0.333 e. The van der Waals surface area contributed by atoms with Crippen LogP contribution in [0, 0.1) is 0 Å². The third-order valence-electron chi connectivity index (χ3n) is 4.77. The first-order valence-electron chi connectivity index (χ1n) is 9.55. The molecule has 174 valence electrons. The molecule has 0 saturated carbocycles. The molecule has 1 aromatic heterocycles. The predicted molar refractivity (Wildman–Crippen MR) is 111 cm³/mol. The van der Waals surface area contributed by atoms with E-state index in [4.69, 9.17) is 0 Å². The van der Waals surface area contributed by atoms with Gasteiger partial charge in [-0.25, -0.2) is 13.2 Å². The molecule has 32 heavy (non-hydrogen) atoms. The molecule has 3 amide bonds. The molecule has 2 aromatic rings. The smallest absolute Gasteiger partial charge is 0.333 e. The highest BCUT2D eigenvalue weighted by atomic mass is 32.2. The van der Waals surface area contributed by atoms with Crippen molar-refractivity contribution < 1.29 is 31.2 Å². The Morgan fingerprint density at radius 2 is 1.69 bits per heavy atom. The second-order valence-corrected chi connectivity index (χ2v) is 9.98. The number of rotatable bonds is 6. The molecular formula is C19H21F3N4O4S2. The number of alkyl halides is 3. The standard InChI is InChI=1S/C19H21F3N4O4S2/c20-19(21,22)14-3-5-16(6-4-14)32(29,30)26-9-7-25(8-10-26)13-17(27)24-18(28)23-12-15-2-1-11-31-15/h1-6,11H,7-10,12-13H2,(H2,23,24,27,28). The largest absolute Gasteiger partial charge is 0.416 e. The van der Waals surface area contributed by atoms with E-state index in [0.29, 0.717) is 6.54 Å². The molecule has 2 heterocycles. The molecule has 0 aliphatic carbocycles. The summed E-state index contributed by atoms with van der Waals surface area (Å²) in [5.74, 6) is -0.521. The van der Waals surface area contributed by atoms with E-state index < -0.39 is 33.7 Å². The maximum absolute atomic E-state index is 12.7. The highest BCUT2D eigenvalue weighted by Crippen LogP contribution is 2.30. The molecule has 13 heteroatoms. The maximum atomic E-state index is 12.7. The highest BCUT2D eigenvalue weighted by molar-refractivity contribution is 7.89. The normalized spacial score (nSPS) is 16.0. The van der Waals surface area contributed by atoms with Gasteiger partial charge in [-0.1, -0.05) is 6.07 Å². The van der Waals surface area contributed by atoms with E-state index in [0.717, 1.165) is 33.4 Å². The van der Waals surface area contributed by atoms with Gasteiger partial charge in [-0.3, -0.25) is 15.0 Å². The average Bonchev–Trinajstić information content (AvgIpc) is 3.26. The number of piperazine rings is 1. The zero-order chi connectivity index (χ0) is 23.4. The lowest BCUT2D eigenvalue weighted by Crippen LogP contribution is -2.52. The van der Waals surface area contributed by atoms with E-state index in [2.05, 4.69) is 10.6 Å². The van der Waals surface area contributed by atoms with E-state index >= 15 is 0 Å². The van der Waals surface area contributed by atoms with Gasteiger partial charge in [0.1, 0.15) is 0 Å². The first-order chi connectivity index (χ1) is 15.1. The topological polar surface area (TPSA) is 98.8 Å². The fourth-order valence-electron chi connectivity index (χ4n) is 3.09. The number of nitrogens with zero attached hydrogens (tertiary/aromatic N) is 2. The Bertz CT molecular complexity index is 1030. The molecule has 8 nitrogen and oxygen atoms in total. The Kier molecular flexibility index (Phi) is 7.54. The first-order valence-corrected chi connectivity index (χ1v) is 11.9. The van der Waals surface area contributed by atoms with Crippen molar-refractivity contribution in [2.24, 2.45) is 0 Å². The van der Waals surface area contributed by atoms with Crippen molar-refractivity contribution in [1.82, 2.24) is 19.8 Å². The van der Waals surface area contributed by atoms with Gasteiger partial charge in [-0.15, -0.1) is 11.3 Å². The van der Waals surface area contributed by atoms with Crippen molar-refractivity contribution in [3.63, 3.8) is 0 Å². The number of benzene rings is 1. The van der Waals surface area contributed by atoms with E-state index in [1.54, 1.807) is 4.90 Å². The minimum atomic E-state index is -4.55. The van der Waals surface area contributed by atoms with Gasteiger partial charge in [0, 0.05) is 31.1 Å². The van der Waals surface area contributed by atoms with Crippen LogP contribution in [0.1, 0.15) is 10.4 Å². The van der Waals surface area contributed by atoms with Crippen LogP contribution in [0.4, 0.5) is 18.0 Å². The summed E-state index contributed by atoms with van der Waals surface area (Å²) in [5, 5.41) is 6.67. The Balaban J connectivity index is 1.46. The van der Waals surface area contributed by atoms with Crippen molar-refractivity contribution in [1.29, 1.82) is 0 Å². The lowest BCUT2D eigenvalue weighted by molar-refractivity contribution is -0.137. The van der Waals surface area contributed by atoms with Crippen molar-refractivity contribution in [3.8, 4) is 0 Å². The summed E-state index contributed by atoms with van der Waals surface area (Å²) in [6, 6.07) is 6.42. The van der Waals surface area contributed by atoms with Gasteiger partial charge in [0.2, 0.25) is 15.9 Å². The summed E-state index contributed by atoms with van der Waals surface area (Å²) >= 11 is 1.48. The van der Waals surface area contributed by atoms with E-state index in [9.17, 15) is 31.2 Å². The van der Waals surface area contributed by atoms with Gasteiger partial charge >= 0.3 is 12.2 Å². The number of hydrogen-bond donors (Lipinski definition) is 2. The van der Waals surface area contributed by atoms with Crippen LogP contribution in [0.3, 0.4) is 0 Å². The number of halogens is 3. The number of urea groups is 1. The Morgan fingerprint density at radius 1 is 1.03 bits per heavy atom. The van der Waals surface area contributed by atoms with Crippen molar-refractivity contribution in [3.05, 3.63) is 52.2 Å². The molecule has 1 fully saturated rings. The molecule has 1 aliphatic rings. The molecule has 0 unspecified atom stereocenters. The van der Waals surface area contributed by atoms with Crippen LogP contribution < -0.4 is 10.6 Å². The predicted octanol–water partition coefficient (Wildman–Crippen LogP) is 2.10. The Hall–Kier alpha value is -2.48. The van der Waals surface area contributed by atoms with Crippen LogP contribution in [0.5, 0.6) is 0 Å². The molecule has 1 aliphatic heterocycles.